The number of anilines is 1. The number of hydrogen-bond acceptors (Lipinski definition) is 4. The first kappa shape index (κ1) is 17.0. The molecule has 0 fully saturated rings. The molecular weight excluding hydrogens is 293 g/mol. The molecule has 0 amide bonds. The Balaban J connectivity index is 3.03. The minimum atomic E-state index is -4.60. The molecule has 0 aliphatic carbocycles. The summed E-state index contributed by atoms with van der Waals surface area (Å²) in [5, 5.41) is -0.201. The summed E-state index contributed by atoms with van der Waals surface area (Å²) < 4.78 is 38.1. The highest BCUT2D eigenvalue weighted by Crippen LogP contribution is 2.29. The van der Waals surface area contributed by atoms with Crippen LogP contribution in [0.15, 0.2) is 6.07 Å². The third-order valence-corrected chi connectivity index (χ3v) is 2.76. The molecular formula is C12H18ClF3N4. The van der Waals surface area contributed by atoms with Crippen molar-refractivity contribution < 1.29 is 13.2 Å². The van der Waals surface area contributed by atoms with Crippen molar-refractivity contribution in [3.63, 3.8) is 0 Å². The van der Waals surface area contributed by atoms with Crippen molar-refractivity contribution in [1.29, 1.82) is 0 Å². The highest BCUT2D eigenvalue weighted by atomic mass is 35.5. The summed E-state index contributed by atoms with van der Waals surface area (Å²) in [7, 11) is 3.80. The fourth-order valence-electron chi connectivity index (χ4n) is 1.63. The fraction of sp³-hybridized carbons (Fsp3) is 0.667. The van der Waals surface area contributed by atoms with Crippen molar-refractivity contribution in [1.82, 2.24) is 14.9 Å². The van der Waals surface area contributed by atoms with E-state index in [9.17, 15) is 13.2 Å². The largest absolute Gasteiger partial charge is 0.451 e. The maximum Gasteiger partial charge on any atom is 0.451 e. The van der Waals surface area contributed by atoms with E-state index in [1.165, 1.54) is 6.07 Å². The second-order valence-corrected chi connectivity index (χ2v) is 5.05. The Morgan fingerprint density at radius 3 is 2.30 bits per heavy atom. The zero-order valence-corrected chi connectivity index (χ0v) is 12.5. The van der Waals surface area contributed by atoms with E-state index in [-0.39, 0.29) is 11.0 Å². The molecule has 0 radical (unpaired) electrons. The molecule has 4 nitrogen and oxygen atoms in total. The number of alkyl halides is 3. The van der Waals surface area contributed by atoms with E-state index >= 15 is 0 Å². The molecule has 0 spiro atoms. The number of rotatable bonds is 6. The van der Waals surface area contributed by atoms with Crippen LogP contribution in [0.4, 0.5) is 19.0 Å². The van der Waals surface area contributed by atoms with Gasteiger partial charge in [0.2, 0.25) is 5.82 Å². The van der Waals surface area contributed by atoms with Crippen LogP contribution < -0.4 is 4.90 Å². The van der Waals surface area contributed by atoms with Crippen LogP contribution in [0.2, 0.25) is 5.15 Å². The van der Waals surface area contributed by atoms with Crippen LogP contribution in [0.25, 0.3) is 0 Å². The Labute approximate surface area is 121 Å². The fourth-order valence-corrected chi connectivity index (χ4v) is 1.80. The van der Waals surface area contributed by atoms with E-state index in [1.807, 2.05) is 25.9 Å². The summed E-state index contributed by atoms with van der Waals surface area (Å²) in [4.78, 5) is 10.6. The lowest BCUT2D eigenvalue weighted by atomic mass is 10.3. The maximum atomic E-state index is 12.7. The van der Waals surface area contributed by atoms with Crippen LogP contribution in [0, 0.1) is 0 Å². The summed E-state index contributed by atoms with van der Waals surface area (Å²) in [5.41, 5.74) is 0. The molecule has 1 aromatic heterocycles. The number of aromatic nitrogens is 2. The molecule has 1 heterocycles. The van der Waals surface area contributed by atoms with E-state index in [0.29, 0.717) is 19.6 Å². The lowest BCUT2D eigenvalue weighted by Crippen LogP contribution is -2.33. The standard InChI is InChI=1S/C12H18ClF3N4/c1-4-5-20(7-6-19(2)3)10-8-9(13)17-11(18-10)12(14,15)16/h8H,4-7H2,1-3H3. The first-order valence-corrected chi connectivity index (χ1v) is 6.63. The van der Waals surface area contributed by atoms with Gasteiger partial charge in [-0.3, -0.25) is 0 Å². The molecule has 114 valence electrons. The molecule has 0 aliphatic rings. The van der Waals surface area contributed by atoms with Gasteiger partial charge in [-0.25, -0.2) is 9.97 Å². The number of likely N-dealkylation sites (N-methyl/N-ethyl adjacent to an activating group) is 1. The molecule has 1 rings (SSSR count). The number of nitrogens with zero attached hydrogens (tertiary/aromatic N) is 4. The van der Waals surface area contributed by atoms with Gasteiger partial charge in [0.25, 0.3) is 0 Å². The summed E-state index contributed by atoms with van der Waals surface area (Å²) in [6.45, 7) is 3.85. The van der Waals surface area contributed by atoms with Gasteiger partial charge in [0.1, 0.15) is 11.0 Å². The third kappa shape index (κ3) is 5.13. The van der Waals surface area contributed by atoms with E-state index in [0.717, 1.165) is 6.42 Å². The number of hydrogen-bond donors (Lipinski definition) is 0. The van der Waals surface area contributed by atoms with Crippen LogP contribution in [0.5, 0.6) is 0 Å². The smallest absolute Gasteiger partial charge is 0.355 e. The Morgan fingerprint density at radius 2 is 1.80 bits per heavy atom. The quantitative estimate of drug-likeness (QED) is 0.756. The molecule has 1 aromatic rings. The Bertz CT molecular complexity index is 437. The molecule has 0 saturated carbocycles. The van der Waals surface area contributed by atoms with Crippen LogP contribution in [-0.4, -0.2) is 48.6 Å². The number of halogens is 4. The maximum absolute atomic E-state index is 12.7. The Hall–Kier alpha value is -1.08. The van der Waals surface area contributed by atoms with Crippen molar-refractivity contribution in [3.05, 3.63) is 17.0 Å². The molecule has 8 heteroatoms. The van der Waals surface area contributed by atoms with Crippen molar-refractivity contribution in [3.8, 4) is 0 Å². The van der Waals surface area contributed by atoms with Crippen LogP contribution >= 0.6 is 11.6 Å². The average molecular weight is 311 g/mol. The van der Waals surface area contributed by atoms with E-state index in [4.69, 9.17) is 11.6 Å². The minimum Gasteiger partial charge on any atom is -0.355 e. The van der Waals surface area contributed by atoms with Gasteiger partial charge >= 0.3 is 6.18 Å². The molecule has 0 unspecified atom stereocenters. The van der Waals surface area contributed by atoms with Gasteiger partial charge in [-0.1, -0.05) is 18.5 Å². The molecule has 20 heavy (non-hydrogen) atoms. The topological polar surface area (TPSA) is 32.3 Å². The van der Waals surface area contributed by atoms with Gasteiger partial charge in [0.15, 0.2) is 0 Å². The van der Waals surface area contributed by atoms with Crippen molar-refractivity contribution in [2.75, 3.05) is 38.6 Å². The van der Waals surface area contributed by atoms with Crippen molar-refractivity contribution in [2.24, 2.45) is 0 Å². The monoisotopic (exact) mass is 310 g/mol. The van der Waals surface area contributed by atoms with Gasteiger partial charge in [-0.2, -0.15) is 13.2 Å². The highest BCUT2D eigenvalue weighted by Gasteiger charge is 2.35. The van der Waals surface area contributed by atoms with Gasteiger partial charge in [0, 0.05) is 25.7 Å². The van der Waals surface area contributed by atoms with Gasteiger partial charge in [-0.15, -0.1) is 0 Å². The Kier molecular flexibility index (Phi) is 6.01. The zero-order chi connectivity index (χ0) is 15.3. The molecule has 0 N–H and O–H groups in total. The van der Waals surface area contributed by atoms with E-state index < -0.39 is 12.0 Å². The average Bonchev–Trinajstić information content (AvgIpc) is 2.32. The third-order valence-electron chi connectivity index (χ3n) is 2.57. The second-order valence-electron chi connectivity index (χ2n) is 4.66. The molecule has 0 bridgehead atoms. The SMILES string of the molecule is CCCN(CCN(C)C)c1cc(Cl)nc(C(F)(F)F)n1. The minimum absolute atomic E-state index is 0.201. The summed E-state index contributed by atoms with van der Waals surface area (Å²) in [6, 6.07) is 1.36. The first-order valence-electron chi connectivity index (χ1n) is 6.25. The molecule has 0 atom stereocenters. The van der Waals surface area contributed by atoms with E-state index in [1.54, 1.807) is 4.90 Å². The zero-order valence-electron chi connectivity index (χ0n) is 11.7. The normalized spacial score (nSPS) is 12.0. The molecule has 0 aliphatic heterocycles. The lowest BCUT2D eigenvalue weighted by Gasteiger charge is -2.25. The second kappa shape index (κ2) is 7.08. The Morgan fingerprint density at radius 1 is 1.15 bits per heavy atom. The van der Waals surface area contributed by atoms with Gasteiger partial charge in [0.05, 0.1) is 0 Å². The molecule has 0 aromatic carbocycles. The van der Waals surface area contributed by atoms with Gasteiger partial charge < -0.3 is 9.80 Å². The van der Waals surface area contributed by atoms with Gasteiger partial charge in [-0.05, 0) is 20.5 Å². The van der Waals surface area contributed by atoms with Crippen LogP contribution in [0.3, 0.4) is 0 Å². The lowest BCUT2D eigenvalue weighted by molar-refractivity contribution is -0.144. The van der Waals surface area contributed by atoms with Crippen LogP contribution in [0.1, 0.15) is 19.2 Å². The summed E-state index contributed by atoms with van der Waals surface area (Å²) in [6.07, 6.45) is -3.80. The summed E-state index contributed by atoms with van der Waals surface area (Å²) >= 11 is 5.67. The van der Waals surface area contributed by atoms with E-state index in [2.05, 4.69) is 9.97 Å². The highest BCUT2D eigenvalue weighted by molar-refractivity contribution is 6.29. The first-order chi connectivity index (χ1) is 9.24. The predicted molar refractivity (Wildman–Crippen MR) is 73.1 cm³/mol. The predicted octanol–water partition coefficient (Wildman–Crippen LogP) is 2.93. The van der Waals surface area contributed by atoms with Crippen LogP contribution in [-0.2, 0) is 6.18 Å². The summed E-state index contributed by atoms with van der Waals surface area (Å²) in [5.74, 6) is -0.994. The molecule has 0 saturated heterocycles. The van der Waals surface area contributed by atoms with Crippen molar-refractivity contribution in [2.45, 2.75) is 19.5 Å². The van der Waals surface area contributed by atoms with Crippen molar-refractivity contribution >= 4 is 17.4 Å².